The molecule has 2 amide bonds. The van der Waals surface area contributed by atoms with Crippen LogP contribution in [0.3, 0.4) is 0 Å². The average molecular weight is 224 g/mol. The van der Waals surface area contributed by atoms with E-state index in [1.807, 2.05) is 0 Å². The molecule has 1 unspecified atom stereocenters. The standard InChI is InChI=1S/C13H24N2O/c1-10(11-6-2-3-7-11)14-13(16)15-12-8-4-5-9-12/h10-12H,2-9H2,1H3,(H2,14,15,16). The van der Waals surface area contributed by atoms with E-state index >= 15 is 0 Å². The summed E-state index contributed by atoms with van der Waals surface area (Å²) in [4.78, 5) is 11.7. The van der Waals surface area contributed by atoms with Crippen LogP contribution in [0.4, 0.5) is 4.79 Å². The maximum Gasteiger partial charge on any atom is 0.315 e. The fourth-order valence-electron chi connectivity index (χ4n) is 3.08. The van der Waals surface area contributed by atoms with Gasteiger partial charge >= 0.3 is 6.03 Å². The third-order valence-electron chi connectivity index (χ3n) is 4.16. The Kier molecular flexibility index (Phi) is 4.08. The third kappa shape index (κ3) is 3.13. The molecule has 2 aliphatic rings. The summed E-state index contributed by atoms with van der Waals surface area (Å²) in [6.07, 6.45) is 10.1. The molecule has 0 aliphatic heterocycles. The zero-order valence-electron chi connectivity index (χ0n) is 10.3. The second-order valence-electron chi connectivity index (χ2n) is 5.43. The Hall–Kier alpha value is -0.730. The second kappa shape index (κ2) is 5.55. The summed E-state index contributed by atoms with van der Waals surface area (Å²) in [6.45, 7) is 2.14. The van der Waals surface area contributed by atoms with Crippen molar-refractivity contribution in [2.45, 2.75) is 70.4 Å². The Balaban J connectivity index is 1.68. The van der Waals surface area contributed by atoms with Gasteiger partial charge in [-0.3, -0.25) is 0 Å². The highest BCUT2D eigenvalue weighted by molar-refractivity contribution is 5.74. The van der Waals surface area contributed by atoms with Crippen LogP contribution in [0.2, 0.25) is 0 Å². The molecule has 1 atom stereocenters. The van der Waals surface area contributed by atoms with E-state index in [2.05, 4.69) is 17.6 Å². The van der Waals surface area contributed by atoms with Gasteiger partial charge in [-0.1, -0.05) is 25.7 Å². The smallest absolute Gasteiger partial charge is 0.315 e. The fourth-order valence-corrected chi connectivity index (χ4v) is 3.08. The van der Waals surface area contributed by atoms with E-state index in [4.69, 9.17) is 0 Å². The lowest BCUT2D eigenvalue weighted by Gasteiger charge is -2.22. The van der Waals surface area contributed by atoms with Crippen LogP contribution in [-0.2, 0) is 0 Å². The van der Waals surface area contributed by atoms with Crippen molar-refractivity contribution in [3.8, 4) is 0 Å². The van der Waals surface area contributed by atoms with Crippen LogP contribution in [0.1, 0.15) is 58.3 Å². The van der Waals surface area contributed by atoms with Crippen LogP contribution in [0.5, 0.6) is 0 Å². The largest absolute Gasteiger partial charge is 0.335 e. The van der Waals surface area contributed by atoms with Gasteiger partial charge in [0.2, 0.25) is 0 Å². The van der Waals surface area contributed by atoms with E-state index in [-0.39, 0.29) is 6.03 Å². The monoisotopic (exact) mass is 224 g/mol. The molecular formula is C13H24N2O. The quantitative estimate of drug-likeness (QED) is 0.760. The number of hydrogen-bond acceptors (Lipinski definition) is 1. The number of amides is 2. The second-order valence-corrected chi connectivity index (χ2v) is 5.43. The minimum atomic E-state index is 0.0475. The Morgan fingerprint density at radius 2 is 1.62 bits per heavy atom. The molecule has 2 fully saturated rings. The van der Waals surface area contributed by atoms with Crippen LogP contribution in [0, 0.1) is 5.92 Å². The van der Waals surface area contributed by atoms with E-state index in [0.29, 0.717) is 18.0 Å². The molecule has 3 nitrogen and oxygen atoms in total. The van der Waals surface area contributed by atoms with Gasteiger partial charge < -0.3 is 10.6 Å². The molecule has 2 N–H and O–H groups in total. The van der Waals surface area contributed by atoms with Crippen LogP contribution < -0.4 is 10.6 Å². The van der Waals surface area contributed by atoms with Gasteiger partial charge in [-0.05, 0) is 38.5 Å². The lowest BCUT2D eigenvalue weighted by Crippen LogP contribution is -2.46. The predicted molar refractivity (Wildman–Crippen MR) is 65.3 cm³/mol. The first-order valence-electron chi connectivity index (χ1n) is 6.83. The van der Waals surface area contributed by atoms with Crippen LogP contribution in [0.15, 0.2) is 0 Å². The lowest BCUT2D eigenvalue weighted by molar-refractivity contribution is 0.229. The molecule has 2 saturated carbocycles. The average Bonchev–Trinajstić information content (AvgIpc) is 2.88. The van der Waals surface area contributed by atoms with Crippen molar-refractivity contribution in [2.75, 3.05) is 0 Å². The first kappa shape index (κ1) is 11.7. The van der Waals surface area contributed by atoms with Crippen LogP contribution in [0.25, 0.3) is 0 Å². The van der Waals surface area contributed by atoms with E-state index < -0.39 is 0 Å². The highest BCUT2D eigenvalue weighted by Gasteiger charge is 2.24. The Morgan fingerprint density at radius 3 is 2.25 bits per heavy atom. The molecule has 3 heteroatoms. The number of nitrogens with one attached hydrogen (secondary N) is 2. The molecule has 0 saturated heterocycles. The molecule has 0 aromatic carbocycles. The lowest BCUT2D eigenvalue weighted by atomic mass is 10.0. The van der Waals surface area contributed by atoms with Gasteiger partial charge in [0, 0.05) is 12.1 Å². The molecule has 0 bridgehead atoms. The van der Waals surface area contributed by atoms with Crippen molar-refractivity contribution in [3.63, 3.8) is 0 Å². The molecule has 0 heterocycles. The molecule has 0 aromatic rings. The van der Waals surface area contributed by atoms with Gasteiger partial charge in [0.25, 0.3) is 0 Å². The summed E-state index contributed by atoms with van der Waals surface area (Å²) in [5.74, 6) is 0.703. The number of urea groups is 1. The molecule has 2 aliphatic carbocycles. The molecule has 0 aromatic heterocycles. The molecule has 92 valence electrons. The SMILES string of the molecule is CC(NC(=O)NC1CCCC1)C1CCCC1. The summed E-state index contributed by atoms with van der Waals surface area (Å²) in [6, 6.07) is 0.811. The third-order valence-corrected chi connectivity index (χ3v) is 4.16. The summed E-state index contributed by atoms with van der Waals surface area (Å²) in [7, 11) is 0. The van der Waals surface area contributed by atoms with Crippen molar-refractivity contribution in [1.82, 2.24) is 10.6 Å². The van der Waals surface area contributed by atoms with Crippen molar-refractivity contribution in [1.29, 1.82) is 0 Å². The normalized spacial score (nSPS) is 24.6. The molecule has 2 rings (SSSR count). The minimum absolute atomic E-state index is 0.0475. The van der Waals surface area contributed by atoms with E-state index in [9.17, 15) is 4.79 Å². The summed E-state index contributed by atoms with van der Waals surface area (Å²) in [5.41, 5.74) is 0. The van der Waals surface area contributed by atoms with Gasteiger partial charge in [-0.25, -0.2) is 4.79 Å². The van der Waals surface area contributed by atoms with E-state index in [1.54, 1.807) is 0 Å². The van der Waals surface area contributed by atoms with Gasteiger partial charge in [0.05, 0.1) is 0 Å². The van der Waals surface area contributed by atoms with Crippen molar-refractivity contribution in [2.24, 2.45) is 5.92 Å². The van der Waals surface area contributed by atoms with Crippen molar-refractivity contribution >= 4 is 6.03 Å². The topological polar surface area (TPSA) is 41.1 Å². The van der Waals surface area contributed by atoms with Crippen LogP contribution in [-0.4, -0.2) is 18.1 Å². The van der Waals surface area contributed by atoms with Gasteiger partial charge in [-0.15, -0.1) is 0 Å². The van der Waals surface area contributed by atoms with E-state index in [0.717, 1.165) is 12.8 Å². The molecule has 0 spiro atoms. The summed E-state index contributed by atoms with van der Waals surface area (Å²) >= 11 is 0. The number of rotatable bonds is 3. The maximum absolute atomic E-state index is 11.7. The summed E-state index contributed by atoms with van der Waals surface area (Å²) < 4.78 is 0. The first-order valence-corrected chi connectivity index (χ1v) is 6.83. The number of hydrogen-bond donors (Lipinski definition) is 2. The number of carbonyl (C=O) groups is 1. The Morgan fingerprint density at radius 1 is 1.06 bits per heavy atom. The fraction of sp³-hybridized carbons (Fsp3) is 0.923. The van der Waals surface area contributed by atoms with Gasteiger partial charge in [-0.2, -0.15) is 0 Å². The maximum atomic E-state index is 11.7. The van der Waals surface area contributed by atoms with Crippen LogP contribution >= 0.6 is 0 Å². The van der Waals surface area contributed by atoms with Gasteiger partial charge in [0.1, 0.15) is 0 Å². The molecule has 16 heavy (non-hydrogen) atoms. The number of carbonyl (C=O) groups excluding carboxylic acids is 1. The zero-order valence-corrected chi connectivity index (χ0v) is 10.3. The van der Waals surface area contributed by atoms with Gasteiger partial charge in [0.15, 0.2) is 0 Å². The van der Waals surface area contributed by atoms with E-state index in [1.165, 1.54) is 38.5 Å². The van der Waals surface area contributed by atoms with Crippen molar-refractivity contribution in [3.05, 3.63) is 0 Å². The predicted octanol–water partition coefficient (Wildman–Crippen LogP) is 2.81. The highest BCUT2D eigenvalue weighted by Crippen LogP contribution is 2.27. The first-order chi connectivity index (χ1) is 7.75. The Bertz CT molecular complexity index is 230. The van der Waals surface area contributed by atoms with Crippen molar-refractivity contribution < 1.29 is 4.79 Å². The Labute approximate surface area is 98.4 Å². The molecular weight excluding hydrogens is 200 g/mol. The summed E-state index contributed by atoms with van der Waals surface area (Å²) in [5, 5.41) is 6.18. The molecule has 0 radical (unpaired) electrons. The zero-order chi connectivity index (χ0) is 11.4. The minimum Gasteiger partial charge on any atom is -0.335 e. The highest BCUT2D eigenvalue weighted by atomic mass is 16.2.